The van der Waals surface area contributed by atoms with E-state index in [-0.39, 0.29) is 18.7 Å². The molecule has 4 N–H and O–H groups in total. The highest BCUT2D eigenvalue weighted by molar-refractivity contribution is 5.15. The number of nitrogens with one attached hydrogen (secondary N) is 1. The number of nitrogens with two attached hydrogens (primary N) is 1. The highest BCUT2D eigenvalue weighted by atomic mass is 16.3. The lowest BCUT2D eigenvalue weighted by atomic mass is 10.1. The van der Waals surface area contributed by atoms with Crippen LogP contribution in [0.4, 0.5) is 0 Å². The highest BCUT2D eigenvalue weighted by Gasteiger charge is 2.10. The second kappa shape index (κ2) is 6.56. The fourth-order valence-electron chi connectivity index (χ4n) is 1.55. The Morgan fingerprint density at radius 2 is 2.00 bits per heavy atom. The van der Waals surface area contributed by atoms with Crippen LogP contribution in [0.3, 0.4) is 0 Å². The maximum absolute atomic E-state index is 9.23. The summed E-state index contributed by atoms with van der Waals surface area (Å²) in [6.07, 6.45) is 0.835. The molecule has 1 aromatic rings. The third-order valence-corrected chi connectivity index (χ3v) is 2.42. The predicted molar refractivity (Wildman–Crippen MR) is 62.7 cm³/mol. The van der Waals surface area contributed by atoms with Crippen molar-refractivity contribution in [2.75, 3.05) is 13.2 Å². The van der Waals surface area contributed by atoms with E-state index in [1.54, 1.807) is 0 Å². The van der Waals surface area contributed by atoms with Crippen LogP contribution in [0.15, 0.2) is 30.3 Å². The van der Waals surface area contributed by atoms with E-state index < -0.39 is 0 Å². The van der Waals surface area contributed by atoms with Crippen molar-refractivity contribution >= 4 is 0 Å². The van der Waals surface area contributed by atoms with Gasteiger partial charge in [0.2, 0.25) is 0 Å². The molecule has 1 aromatic carbocycles. The Balaban J connectivity index is 2.47. The Labute approximate surface area is 91.3 Å². The Morgan fingerprint density at radius 3 is 2.53 bits per heavy atom. The number of hydrogen-bond donors (Lipinski definition) is 3. The molecule has 0 radical (unpaired) electrons. The summed E-state index contributed by atoms with van der Waals surface area (Å²) in [5.74, 6) is 0. The monoisotopic (exact) mass is 208 g/mol. The maximum Gasteiger partial charge on any atom is 0.0587 e. The first kappa shape index (κ1) is 12.2. The number of aliphatic hydroxyl groups excluding tert-OH is 1. The van der Waals surface area contributed by atoms with Crippen molar-refractivity contribution in [2.45, 2.75) is 25.4 Å². The number of hydrogen-bond acceptors (Lipinski definition) is 3. The van der Waals surface area contributed by atoms with Gasteiger partial charge in [0, 0.05) is 18.6 Å². The van der Waals surface area contributed by atoms with E-state index in [0.29, 0.717) is 6.54 Å². The average molecular weight is 208 g/mol. The van der Waals surface area contributed by atoms with E-state index in [1.165, 1.54) is 5.56 Å². The van der Waals surface area contributed by atoms with Crippen LogP contribution in [0.2, 0.25) is 0 Å². The summed E-state index contributed by atoms with van der Waals surface area (Å²) in [6.45, 7) is 2.75. The van der Waals surface area contributed by atoms with Gasteiger partial charge in [-0.3, -0.25) is 0 Å². The first-order valence-corrected chi connectivity index (χ1v) is 5.37. The molecule has 0 saturated heterocycles. The van der Waals surface area contributed by atoms with Crippen LogP contribution in [-0.4, -0.2) is 30.3 Å². The average Bonchev–Trinajstić information content (AvgIpc) is 2.29. The first-order valence-electron chi connectivity index (χ1n) is 5.37. The van der Waals surface area contributed by atoms with Gasteiger partial charge in [-0.05, 0) is 18.9 Å². The summed E-state index contributed by atoms with van der Waals surface area (Å²) in [5, 5.41) is 12.5. The maximum atomic E-state index is 9.23. The molecule has 0 amide bonds. The third kappa shape index (κ3) is 4.42. The molecular weight excluding hydrogens is 188 g/mol. The molecule has 84 valence electrons. The van der Waals surface area contributed by atoms with Crippen molar-refractivity contribution in [3.8, 4) is 0 Å². The molecular formula is C12H20N2O. The van der Waals surface area contributed by atoms with Crippen molar-refractivity contribution in [3.63, 3.8) is 0 Å². The molecule has 0 aromatic heterocycles. The lowest BCUT2D eigenvalue weighted by molar-refractivity contribution is 0.233. The van der Waals surface area contributed by atoms with Gasteiger partial charge in [-0.15, -0.1) is 0 Å². The Hall–Kier alpha value is -0.900. The van der Waals surface area contributed by atoms with E-state index in [1.807, 2.05) is 25.1 Å². The topological polar surface area (TPSA) is 58.3 Å². The van der Waals surface area contributed by atoms with Gasteiger partial charge in [0.1, 0.15) is 0 Å². The largest absolute Gasteiger partial charge is 0.395 e. The third-order valence-electron chi connectivity index (χ3n) is 2.42. The summed E-state index contributed by atoms with van der Waals surface area (Å²) in [4.78, 5) is 0. The Morgan fingerprint density at radius 1 is 1.33 bits per heavy atom. The van der Waals surface area contributed by atoms with E-state index >= 15 is 0 Å². The van der Waals surface area contributed by atoms with Gasteiger partial charge in [-0.25, -0.2) is 0 Å². The molecule has 0 fully saturated rings. The van der Waals surface area contributed by atoms with Crippen LogP contribution in [0, 0.1) is 0 Å². The second-order valence-corrected chi connectivity index (χ2v) is 3.87. The fourth-order valence-corrected chi connectivity index (χ4v) is 1.55. The molecule has 3 nitrogen and oxygen atoms in total. The Kier molecular flexibility index (Phi) is 5.32. The Bertz CT molecular complexity index is 264. The summed E-state index contributed by atoms with van der Waals surface area (Å²) in [5.41, 5.74) is 6.75. The summed E-state index contributed by atoms with van der Waals surface area (Å²) < 4.78 is 0. The molecule has 3 heteroatoms. The summed E-state index contributed by atoms with van der Waals surface area (Å²) in [6, 6.07) is 10.5. The lowest BCUT2D eigenvalue weighted by Crippen LogP contribution is -2.43. The molecule has 0 saturated carbocycles. The fraction of sp³-hybridized carbons (Fsp3) is 0.500. The van der Waals surface area contributed by atoms with Crippen molar-refractivity contribution in [1.29, 1.82) is 0 Å². The summed E-state index contributed by atoms with van der Waals surface area (Å²) >= 11 is 0. The van der Waals surface area contributed by atoms with Gasteiger partial charge in [0.25, 0.3) is 0 Å². The standard InChI is InChI=1S/C12H20N2O/c1-10(8-13)14-12(9-15)7-11-5-3-2-4-6-11/h2-6,10,12,14-15H,7-9,13H2,1H3/t10?,12-/m0/s1. The summed E-state index contributed by atoms with van der Waals surface area (Å²) in [7, 11) is 0. The molecule has 0 aliphatic rings. The molecule has 0 heterocycles. The molecule has 1 rings (SSSR count). The SMILES string of the molecule is CC(CN)N[C@H](CO)Cc1ccccc1. The lowest BCUT2D eigenvalue weighted by Gasteiger charge is -2.20. The van der Waals surface area contributed by atoms with Crippen LogP contribution in [-0.2, 0) is 6.42 Å². The molecule has 0 bridgehead atoms. The first-order chi connectivity index (χ1) is 7.26. The second-order valence-electron chi connectivity index (χ2n) is 3.87. The quantitative estimate of drug-likeness (QED) is 0.639. The molecule has 1 unspecified atom stereocenters. The van der Waals surface area contributed by atoms with Gasteiger partial charge < -0.3 is 16.2 Å². The van der Waals surface area contributed by atoms with Gasteiger partial charge in [-0.2, -0.15) is 0 Å². The number of benzene rings is 1. The van der Waals surface area contributed by atoms with Gasteiger partial charge >= 0.3 is 0 Å². The van der Waals surface area contributed by atoms with Crippen LogP contribution >= 0.6 is 0 Å². The smallest absolute Gasteiger partial charge is 0.0587 e. The molecule has 0 aliphatic carbocycles. The minimum absolute atomic E-state index is 0.0888. The zero-order chi connectivity index (χ0) is 11.1. The predicted octanol–water partition coefficient (Wildman–Crippen LogP) is 0.527. The normalized spacial score (nSPS) is 14.9. The molecule has 2 atom stereocenters. The minimum Gasteiger partial charge on any atom is -0.395 e. The van der Waals surface area contributed by atoms with Crippen LogP contribution in [0.25, 0.3) is 0 Å². The highest BCUT2D eigenvalue weighted by Crippen LogP contribution is 2.03. The molecule has 15 heavy (non-hydrogen) atoms. The number of rotatable bonds is 6. The van der Waals surface area contributed by atoms with Crippen molar-refractivity contribution in [1.82, 2.24) is 5.32 Å². The van der Waals surface area contributed by atoms with Crippen LogP contribution in [0.5, 0.6) is 0 Å². The number of aliphatic hydroxyl groups is 1. The zero-order valence-corrected chi connectivity index (χ0v) is 9.19. The van der Waals surface area contributed by atoms with Gasteiger partial charge in [-0.1, -0.05) is 30.3 Å². The van der Waals surface area contributed by atoms with Crippen LogP contribution < -0.4 is 11.1 Å². The molecule has 0 spiro atoms. The minimum atomic E-state index is 0.0888. The van der Waals surface area contributed by atoms with Crippen molar-refractivity contribution in [3.05, 3.63) is 35.9 Å². The van der Waals surface area contributed by atoms with E-state index in [2.05, 4.69) is 17.4 Å². The molecule has 0 aliphatic heterocycles. The van der Waals surface area contributed by atoms with Crippen molar-refractivity contribution in [2.24, 2.45) is 5.73 Å². The van der Waals surface area contributed by atoms with E-state index in [9.17, 15) is 5.11 Å². The van der Waals surface area contributed by atoms with Crippen molar-refractivity contribution < 1.29 is 5.11 Å². The van der Waals surface area contributed by atoms with Gasteiger partial charge in [0.15, 0.2) is 0 Å². The van der Waals surface area contributed by atoms with Gasteiger partial charge in [0.05, 0.1) is 6.61 Å². The van der Waals surface area contributed by atoms with E-state index in [0.717, 1.165) is 6.42 Å². The van der Waals surface area contributed by atoms with E-state index in [4.69, 9.17) is 5.73 Å². The zero-order valence-electron chi connectivity index (χ0n) is 9.19. The van der Waals surface area contributed by atoms with Crippen LogP contribution in [0.1, 0.15) is 12.5 Å².